The molecule has 130 valence electrons. The second kappa shape index (κ2) is 6.73. The standard InChI is InChI=1S/C15H18N2O7/c1-8-6-16(7-10(8)15(19)20)14(18)9-4-11(17(21)22)13(24-3)12(5-9)23-2/h4-5,8,10H,6-7H2,1-3H3,(H,19,20)/t8-,10-/m1/s1. The minimum Gasteiger partial charge on any atom is -0.493 e. The Kier molecular flexibility index (Phi) is 4.91. The topological polar surface area (TPSA) is 119 Å². The smallest absolute Gasteiger partial charge is 0.315 e. The maximum Gasteiger partial charge on any atom is 0.315 e. The largest absolute Gasteiger partial charge is 0.493 e. The molecule has 1 aromatic carbocycles. The van der Waals surface area contributed by atoms with Crippen LogP contribution in [0.1, 0.15) is 17.3 Å². The van der Waals surface area contributed by atoms with Crippen LogP contribution >= 0.6 is 0 Å². The van der Waals surface area contributed by atoms with Crippen molar-refractivity contribution in [2.75, 3.05) is 27.3 Å². The minimum absolute atomic E-state index is 0.0533. The molecule has 1 amide bonds. The third-order valence-electron chi connectivity index (χ3n) is 4.12. The molecule has 9 nitrogen and oxygen atoms in total. The number of ether oxygens (including phenoxy) is 2. The third-order valence-corrected chi connectivity index (χ3v) is 4.12. The Morgan fingerprint density at radius 3 is 2.42 bits per heavy atom. The van der Waals surface area contributed by atoms with Gasteiger partial charge in [-0.05, 0) is 12.0 Å². The van der Waals surface area contributed by atoms with E-state index < -0.39 is 22.7 Å². The van der Waals surface area contributed by atoms with Crippen molar-refractivity contribution in [1.82, 2.24) is 4.90 Å². The molecule has 24 heavy (non-hydrogen) atoms. The zero-order chi connectivity index (χ0) is 18.0. The number of carboxylic acids is 1. The number of nitro groups is 1. The molecule has 1 N–H and O–H groups in total. The summed E-state index contributed by atoms with van der Waals surface area (Å²) in [5.74, 6) is -2.29. The molecule has 0 aliphatic carbocycles. The van der Waals surface area contributed by atoms with Crippen molar-refractivity contribution in [3.8, 4) is 11.5 Å². The molecule has 0 unspecified atom stereocenters. The van der Waals surface area contributed by atoms with Gasteiger partial charge < -0.3 is 19.5 Å². The number of nitrogens with zero attached hydrogens (tertiary/aromatic N) is 2. The van der Waals surface area contributed by atoms with Gasteiger partial charge in [0.1, 0.15) is 0 Å². The van der Waals surface area contributed by atoms with Crippen LogP contribution in [0.25, 0.3) is 0 Å². The van der Waals surface area contributed by atoms with Crippen molar-refractivity contribution >= 4 is 17.6 Å². The summed E-state index contributed by atoms with van der Waals surface area (Å²) >= 11 is 0. The van der Waals surface area contributed by atoms with E-state index in [4.69, 9.17) is 14.6 Å². The number of aliphatic carboxylic acids is 1. The van der Waals surface area contributed by atoms with E-state index in [1.807, 2.05) is 0 Å². The molecule has 0 radical (unpaired) electrons. The molecular formula is C15H18N2O7. The summed E-state index contributed by atoms with van der Waals surface area (Å²) in [5.41, 5.74) is -0.334. The highest BCUT2D eigenvalue weighted by Crippen LogP contribution is 2.38. The Hall–Kier alpha value is -2.84. The highest BCUT2D eigenvalue weighted by Gasteiger charge is 2.38. The van der Waals surface area contributed by atoms with Gasteiger partial charge in [0.25, 0.3) is 5.91 Å². The highest BCUT2D eigenvalue weighted by molar-refractivity contribution is 5.96. The molecule has 9 heteroatoms. The quantitative estimate of drug-likeness (QED) is 0.636. The van der Waals surface area contributed by atoms with Gasteiger partial charge in [-0.3, -0.25) is 19.7 Å². The predicted octanol–water partition coefficient (Wildman–Crippen LogP) is 1.40. The van der Waals surface area contributed by atoms with Gasteiger partial charge in [-0.2, -0.15) is 0 Å². The fourth-order valence-corrected chi connectivity index (χ4v) is 2.84. The Morgan fingerprint density at radius 1 is 1.29 bits per heavy atom. The number of benzene rings is 1. The summed E-state index contributed by atoms with van der Waals surface area (Å²) in [6, 6.07) is 2.47. The van der Waals surface area contributed by atoms with Crippen LogP contribution in [0.15, 0.2) is 12.1 Å². The Balaban J connectivity index is 2.38. The van der Waals surface area contributed by atoms with Crippen LogP contribution in [0, 0.1) is 22.0 Å². The zero-order valence-electron chi connectivity index (χ0n) is 13.5. The van der Waals surface area contributed by atoms with Crippen molar-refractivity contribution in [3.05, 3.63) is 27.8 Å². The highest BCUT2D eigenvalue weighted by atomic mass is 16.6. The summed E-state index contributed by atoms with van der Waals surface area (Å²) in [6.45, 7) is 2.10. The Bertz CT molecular complexity index is 689. The van der Waals surface area contributed by atoms with Crippen molar-refractivity contribution in [2.24, 2.45) is 11.8 Å². The first kappa shape index (κ1) is 17.5. The lowest BCUT2D eigenvalue weighted by atomic mass is 9.99. The molecule has 0 bridgehead atoms. The van der Waals surface area contributed by atoms with E-state index in [0.717, 1.165) is 6.07 Å². The van der Waals surface area contributed by atoms with E-state index in [1.54, 1.807) is 6.92 Å². The number of hydrogen-bond donors (Lipinski definition) is 1. The van der Waals surface area contributed by atoms with Gasteiger partial charge in [0.2, 0.25) is 5.75 Å². The third kappa shape index (κ3) is 3.10. The number of hydrogen-bond acceptors (Lipinski definition) is 6. The van der Waals surface area contributed by atoms with Gasteiger partial charge in [0.05, 0.1) is 30.6 Å². The molecule has 0 saturated carbocycles. The molecular weight excluding hydrogens is 320 g/mol. The van der Waals surface area contributed by atoms with E-state index >= 15 is 0 Å². The van der Waals surface area contributed by atoms with Gasteiger partial charge in [-0.15, -0.1) is 0 Å². The number of rotatable bonds is 5. The average molecular weight is 338 g/mol. The lowest BCUT2D eigenvalue weighted by Gasteiger charge is -2.17. The SMILES string of the molecule is COc1cc(C(=O)N2C[C@@H](C)[C@H](C(=O)O)C2)cc([N+](=O)[O-])c1OC. The van der Waals surface area contributed by atoms with Gasteiger partial charge in [0.15, 0.2) is 5.75 Å². The summed E-state index contributed by atoms with van der Waals surface area (Å²) in [7, 11) is 2.58. The molecule has 0 aromatic heterocycles. The summed E-state index contributed by atoms with van der Waals surface area (Å²) in [6.07, 6.45) is 0. The zero-order valence-corrected chi connectivity index (χ0v) is 13.5. The number of carboxylic acid groups (broad SMARTS) is 1. The van der Waals surface area contributed by atoms with Crippen LogP contribution in [0.4, 0.5) is 5.69 Å². The number of methoxy groups -OCH3 is 2. The predicted molar refractivity (Wildman–Crippen MR) is 82.4 cm³/mol. The summed E-state index contributed by atoms with van der Waals surface area (Å²) in [4.78, 5) is 35.7. The molecule has 1 heterocycles. The molecule has 1 saturated heterocycles. The van der Waals surface area contributed by atoms with Crippen LogP contribution in [-0.2, 0) is 4.79 Å². The van der Waals surface area contributed by atoms with Crippen LogP contribution in [0.2, 0.25) is 0 Å². The first-order valence-corrected chi connectivity index (χ1v) is 7.22. The van der Waals surface area contributed by atoms with Crippen LogP contribution in [0.5, 0.6) is 11.5 Å². The lowest BCUT2D eigenvalue weighted by molar-refractivity contribution is -0.385. The molecule has 2 atom stereocenters. The monoisotopic (exact) mass is 338 g/mol. The van der Waals surface area contributed by atoms with Crippen molar-refractivity contribution in [3.63, 3.8) is 0 Å². The van der Waals surface area contributed by atoms with E-state index in [2.05, 4.69) is 0 Å². The summed E-state index contributed by atoms with van der Waals surface area (Å²) in [5, 5.41) is 20.4. The maximum absolute atomic E-state index is 12.6. The Labute approximate surface area is 137 Å². The molecule has 1 aliphatic heterocycles. The number of carbonyl (C=O) groups is 2. The van der Waals surface area contributed by atoms with Crippen LogP contribution < -0.4 is 9.47 Å². The average Bonchev–Trinajstić information content (AvgIpc) is 2.94. The second-order valence-corrected chi connectivity index (χ2v) is 5.62. The van der Waals surface area contributed by atoms with E-state index in [0.29, 0.717) is 0 Å². The molecule has 1 fully saturated rings. The number of likely N-dealkylation sites (tertiary alicyclic amines) is 1. The van der Waals surface area contributed by atoms with Gasteiger partial charge in [0, 0.05) is 19.2 Å². The number of amides is 1. The van der Waals surface area contributed by atoms with Crippen LogP contribution in [-0.4, -0.2) is 54.1 Å². The lowest BCUT2D eigenvalue weighted by Crippen LogP contribution is -2.30. The van der Waals surface area contributed by atoms with Crippen LogP contribution in [0.3, 0.4) is 0 Å². The van der Waals surface area contributed by atoms with E-state index in [1.165, 1.54) is 25.2 Å². The molecule has 0 spiro atoms. The van der Waals surface area contributed by atoms with Crippen molar-refractivity contribution < 1.29 is 29.1 Å². The molecule has 2 rings (SSSR count). The number of nitro benzene ring substituents is 1. The normalized spacial score (nSPS) is 19.9. The molecule has 1 aromatic rings. The summed E-state index contributed by atoms with van der Waals surface area (Å²) < 4.78 is 10.1. The number of carbonyl (C=O) groups excluding carboxylic acids is 1. The first-order chi connectivity index (χ1) is 11.3. The fourth-order valence-electron chi connectivity index (χ4n) is 2.84. The van der Waals surface area contributed by atoms with Gasteiger partial charge in [-0.1, -0.05) is 6.92 Å². The van der Waals surface area contributed by atoms with Gasteiger partial charge in [-0.25, -0.2) is 0 Å². The fraction of sp³-hybridized carbons (Fsp3) is 0.467. The van der Waals surface area contributed by atoms with Gasteiger partial charge >= 0.3 is 11.7 Å². The maximum atomic E-state index is 12.6. The first-order valence-electron chi connectivity index (χ1n) is 7.22. The Morgan fingerprint density at radius 2 is 1.96 bits per heavy atom. The van der Waals surface area contributed by atoms with Crippen molar-refractivity contribution in [1.29, 1.82) is 0 Å². The minimum atomic E-state index is -0.962. The molecule has 1 aliphatic rings. The van der Waals surface area contributed by atoms with Crippen molar-refractivity contribution in [2.45, 2.75) is 6.92 Å². The van der Waals surface area contributed by atoms with E-state index in [-0.39, 0.29) is 41.8 Å². The van der Waals surface area contributed by atoms with E-state index in [9.17, 15) is 19.7 Å². The second-order valence-electron chi connectivity index (χ2n) is 5.62.